The number of nitriles is 1. The van der Waals surface area contributed by atoms with E-state index in [1.165, 1.54) is 25.3 Å². The second-order valence-electron chi connectivity index (χ2n) is 11.2. The molecule has 3 N–H and O–H groups in total. The standard InChI is InChI=1S/C37H37FN4O5/c1-45-37(44)42-35(34(26-8-4-2-5-9-26)27-10-6-3-7-11-27)36(43)41-33-19-15-29(38)20-28(33)14-18-31-22-40-23-32(47-31)24-46-30-16-12-25(21-39)13-17-30/h2-13,15-17,19-20,31-32,34-35,40H,14,18,22-24H2,1H3,(H,41,43)(H,42,44)/t31-,32+,35?/m1/s1. The van der Waals surface area contributed by atoms with Crippen molar-refractivity contribution in [1.82, 2.24) is 10.6 Å². The zero-order chi connectivity index (χ0) is 33.0. The van der Waals surface area contributed by atoms with Crippen LogP contribution in [0.25, 0.3) is 0 Å². The number of carbonyl (C=O) groups is 2. The number of hydrogen-bond donors (Lipinski definition) is 3. The van der Waals surface area contributed by atoms with Gasteiger partial charge in [-0.05, 0) is 72.0 Å². The Bertz CT molecular complexity index is 1620. The van der Waals surface area contributed by atoms with E-state index < -0.39 is 29.8 Å². The second kappa shape index (κ2) is 16.4. The van der Waals surface area contributed by atoms with Crippen molar-refractivity contribution in [3.8, 4) is 11.8 Å². The van der Waals surface area contributed by atoms with E-state index in [0.717, 1.165) is 11.1 Å². The molecule has 1 unspecified atom stereocenters. The highest BCUT2D eigenvalue weighted by Gasteiger charge is 2.33. The average molecular weight is 637 g/mol. The molecule has 3 atom stereocenters. The van der Waals surface area contributed by atoms with Gasteiger partial charge in [-0.3, -0.25) is 4.79 Å². The third-order valence-corrected chi connectivity index (χ3v) is 8.00. The van der Waals surface area contributed by atoms with E-state index in [2.05, 4.69) is 22.0 Å². The van der Waals surface area contributed by atoms with E-state index in [9.17, 15) is 14.0 Å². The van der Waals surface area contributed by atoms with Gasteiger partial charge in [0.1, 0.15) is 30.3 Å². The van der Waals surface area contributed by atoms with Gasteiger partial charge < -0.3 is 30.2 Å². The minimum atomic E-state index is -1.05. The third kappa shape index (κ3) is 9.16. The van der Waals surface area contributed by atoms with Crippen LogP contribution in [-0.4, -0.2) is 57.1 Å². The SMILES string of the molecule is COC(=O)NC(C(=O)Nc1ccc(F)cc1CC[C@@H]1CNC[C@@H](COc2ccc(C#N)cc2)O1)C(c1ccccc1)c1ccccc1. The van der Waals surface area contributed by atoms with Crippen molar-refractivity contribution in [3.05, 3.63) is 131 Å². The fraction of sp³-hybridized carbons (Fsp3) is 0.270. The van der Waals surface area contributed by atoms with Crippen LogP contribution >= 0.6 is 0 Å². The first-order valence-corrected chi connectivity index (χ1v) is 15.5. The number of methoxy groups -OCH3 is 1. The Morgan fingerprint density at radius 1 is 0.957 bits per heavy atom. The Balaban J connectivity index is 1.29. The van der Waals surface area contributed by atoms with E-state index in [4.69, 9.17) is 19.5 Å². The molecule has 0 radical (unpaired) electrons. The van der Waals surface area contributed by atoms with Crippen molar-refractivity contribution in [1.29, 1.82) is 5.26 Å². The molecule has 4 aromatic rings. The van der Waals surface area contributed by atoms with Gasteiger partial charge >= 0.3 is 6.09 Å². The highest BCUT2D eigenvalue weighted by Crippen LogP contribution is 2.30. The number of nitrogens with zero attached hydrogens (tertiary/aromatic N) is 1. The maximum atomic E-state index is 14.5. The lowest BCUT2D eigenvalue weighted by Gasteiger charge is -2.31. The van der Waals surface area contributed by atoms with Gasteiger partial charge in [-0.1, -0.05) is 60.7 Å². The number of alkyl carbamates (subject to hydrolysis) is 1. The highest BCUT2D eigenvalue weighted by molar-refractivity contribution is 5.98. The quantitative estimate of drug-likeness (QED) is 0.186. The van der Waals surface area contributed by atoms with Crippen LogP contribution in [0.4, 0.5) is 14.9 Å². The van der Waals surface area contributed by atoms with Crippen molar-refractivity contribution in [2.75, 3.05) is 32.1 Å². The number of aryl methyl sites for hydroxylation is 1. The van der Waals surface area contributed by atoms with Gasteiger partial charge in [0.25, 0.3) is 0 Å². The van der Waals surface area contributed by atoms with Crippen LogP contribution in [0, 0.1) is 17.1 Å². The van der Waals surface area contributed by atoms with Crippen LogP contribution < -0.4 is 20.7 Å². The van der Waals surface area contributed by atoms with E-state index >= 15 is 0 Å². The summed E-state index contributed by atoms with van der Waals surface area (Å²) in [7, 11) is 1.24. The van der Waals surface area contributed by atoms with Crippen LogP contribution in [0.5, 0.6) is 5.75 Å². The minimum Gasteiger partial charge on any atom is -0.491 e. The summed E-state index contributed by atoms with van der Waals surface area (Å²) in [5, 5.41) is 18.1. The van der Waals surface area contributed by atoms with Crippen molar-refractivity contribution in [2.45, 2.75) is 37.0 Å². The van der Waals surface area contributed by atoms with Gasteiger partial charge in [0.15, 0.2) is 0 Å². The Morgan fingerprint density at radius 2 is 1.62 bits per heavy atom. The molecule has 0 aliphatic carbocycles. The first kappa shape index (κ1) is 33.1. The monoisotopic (exact) mass is 636 g/mol. The fourth-order valence-electron chi connectivity index (χ4n) is 5.66. The lowest BCUT2D eigenvalue weighted by atomic mass is 9.84. The molecule has 1 aliphatic heterocycles. The molecule has 242 valence electrons. The number of anilines is 1. The van der Waals surface area contributed by atoms with Crippen molar-refractivity contribution in [3.63, 3.8) is 0 Å². The molecule has 0 bridgehead atoms. The lowest BCUT2D eigenvalue weighted by molar-refractivity contribution is -0.118. The Hall–Kier alpha value is -5.24. The van der Waals surface area contributed by atoms with Crippen LogP contribution in [0.15, 0.2) is 103 Å². The number of rotatable bonds is 12. The number of benzene rings is 4. The molecule has 1 saturated heterocycles. The molecule has 4 aromatic carbocycles. The Kier molecular flexibility index (Phi) is 11.5. The third-order valence-electron chi connectivity index (χ3n) is 8.00. The van der Waals surface area contributed by atoms with Crippen LogP contribution in [-0.2, 0) is 20.7 Å². The molecule has 1 aliphatic rings. The van der Waals surface area contributed by atoms with Gasteiger partial charge in [0.2, 0.25) is 5.91 Å². The summed E-state index contributed by atoms with van der Waals surface area (Å²) >= 11 is 0. The maximum Gasteiger partial charge on any atom is 0.407 e. The zero-order valence-corrected chi connectivity index (χ0v) is 26.0. The molecule has 5 rings (SSSR count). The summed E-state index contributed by atoms with van der Waals surface area (Å²) < 4.78 is 31.5. The van der Waals surface area contributed by atoms with Gasteiger partial charge in [-0.2, -0.15) is 5.26 Å². The molecule has 9 nitrogen and oxygen atoms in total. The first-order chi connectivity index (χ1) is 22.9. The molecule has 0 saturated carbocycles. The molecule has 0 aromatic heterocycles. The Labute approximate surface area is 273 Å². The number of amides is 2. The maximum absolute atomic E-state index is 14.5. The van der Waals surface area contributed by atoms with Gasteiger partial charge in [-0.15, -0.1) is 0 Å². The van der Waals surface area contributed by atoms with E-state index in [0.29, 0.717) is 55.1 Å². The summed E-state index contributed by atoms with van der Waals surface area (Å²) in [6.07, 6.45) is -0.124. The molecule has 10 heteroatoms. The second-order valence-corrected chi connectivity index (χ2v) is 11.2. The van der Waals surface area contributed by atoms with E-state index in [1.807, 2.05) is 60.7 Å². The van der Waals surface area contributed by atoms with E-state index in [-0.39, 0.29) is 12.2 Å². The normalized spacial score (nSPS) is 16.5. The highest BCUT2D eigenvalue weighted by atomic mass is 19.1. The number of hydrogen-bond acceptors (Lipinski definition) is 7. The van der Waals surface area contributed by atoms with E-state index in [1.54, 1.807) is 24.3 Å². The number of carbonyl (C=O) groups excluding carboxylic acids is 2. The van der Waals surface area contributed by atoms with Gasteiger partial charge in [0.05, 0.1) is 24.8 Å². The van der Waals surface area contributed by atoms with Crippen LogP contribution in [0.2, 0.25) is 0 Å². The predicted octanol–water partition coefficient (Wildman–Crippen LogP) is 5.56. The predicted molar refractivity (Wildman–Crippen MR) is 176 cm³/mol. The number of nitrogens with one attached hydrogen (secondary N) is 3. The number of ether oxygens (including phenoxy) is 3. The summed E-state index contributed by atoms with van der Waals surface area (Å²) in [6.45, 7) is 1.56. The minimum absolute atomic E-state index is 0.167. The Morgan fingerprint density at radius 3 is 2.26 bits per heavy atom. The molecule has 2 amide bonds. The molecular formula is C37H37FN4O5. The topological polar surface area (TPSA) is 122 Å². The van der Waals surface area contributed by atoms with Crippen molar-refractivity contribution < 1.29 is 28.2 Å². The molecule has 1 heterocycles. The first-order valence-electron chi connectivity index (χ1n) is 15.5. The molecule has 0 spiro atoms. The summed E-state index contributed by atoms with van der Waals surface area (Å²) in [5.41, 5.74) is 3.26. The molecule has 47 heavy (non-hydrogen) atoms. The van der Waals surface area contributed by atoms with Crippen LogP contribution in [0.3, 0.4) is 0 Å². The van der Waals surface area contributed by atoms with Crippen LogP contribution in [0.1, 0.15) is 34.6 Å². The number of halogens is 1. The summed E-state index contributed by atoms with van der Waals surface area (Å²) in [5.74, 6) is -0.788. The van der Waals surface area contributed by atoms with Crippen molar-refractivity contribution in [2.24, 2.45) is 0 Å². The average Bonchev–Trinajstić information content (AvgIpc) is 3.11. The largest absolute Gasteiger partial charge is 0.491 e. The van der Waals surface area contributed by atoms with Gasteiger partial charge in [-0.25, -0.2) is 9.18 Å². The number of morpholine rings is 1. The smallest absolute Gasteiger partial charge is 0.407 e. The fourth-order valence-corrected chi connectivity index (χ4v) is 5.66. The van der Waals surface area contributed by atoms with Crippen molar-refractivity contribution >= 4 is 17.7 Å². The lowest BCUT2D eigenvalue weighted by Crippen LogP contribution is -2.48. The zero-order valence-electron chi connectivity index (χ0n) is 26.0. The summed E-state index contributed by atoms with van der Waals surface area (Å²) in [4.78, 5) is 26.5. The van der Waals surface area contributed by atoms with Gasteiger partial charge in [0, 0.05) is 24.7 Å². The molecular weight excluding hydrogens is 599 g/mol. The molecule has 1 fully saturated rings. The summed E-state index contributed by atoms with van der Waals surface area (Å²) in [6, 6.07) is 31.1.